The summed E-state index contributed by atoms with van der Waals surface area (Å²) >= 11 is 5.95. The number of aromatic nitrogens is 2. The number of rotatable bonds is 2. The van der Waals surface area contributed by atoms with Crippen LogP contribution in [0, 0.1) is 0 Å². The lowest BCUT2D eigenvalue weighted by atomic mass is 10.1. The van der Waals surface area contributed by atoms with Crippen molar-refractivity contribution in [2.24, 2.45) is 0 Å². The molecule has 2 aromatic rings. The fourth-order valence-corrected chi connectivity index (χ4v) is 1.53. The molecule has 0 radical (unpaired) electrons. The third-order valence-electron chi connectivity index (χ3n) is 2.13. The van der Waals surface area contributed by atoms with Crippen molar-refractivity contribution in [3.63, 3.8) is 0 Å². The van der Waals surface area contributed by atoms with Crippen LogP contribution in [0.4, 0.5) is 5.69 Å². The number of methoxy groups -OCH3 is 1. The lowest BCUT2D eigenvalue weighted by molar-refractivity contribution is 0.398. The molecule has 5 heteroatoms. The van der Waals surface area contributed by atoms with Crippen molar-refractivity contribution >= 4 is 17.3 Å². The summed E-state index contributed by atoms with van der Waals surface area (Å²) < 4.78 is 5.12. The Morgan fingerprint density at radius 3 is 2.69 bits per heavy atom. The zero-order valence-corrected chi connectivity index (χ0v) is 9.40. The minimum atomic E-state index is 0.461. The van der Waals surface area contributed by atoms with E-state index in [-0.39, 0.29) is 0 Å². The number of nitrogens with two attached hydrogens (primary N) is 1. The third kappa shape index (κ3) is 1.92. The summed E-state index contributed by atoms with van der Waals surface area (Å²) in [4.78, 5) is 8.27. The summed E-state index contributed by atoms with van der Waals surface area (Å²) in [5.41, 5.74) is 7.64. The molecule has 0 saturated carbocycles. The Kier molecular flexibility index (Phi) is 2.92. The maximum Gasteiger partial charge on any atom is 0.240 e. The van der Waals surface area contributed by atoms with Gasteiger partial charge in [-0.05, 0) is 12.1 Å². The molecule has 0 aliphatic rings. The van der Waals surface area contributed by atoms with Crippen LogP contribution in [0.2, 0.25) is 5.02 Å². The van der Waals surface area contributed by atoms with Crippen LogP contribution in [0.25, 0.3) is 11.3 Å². The molecule has 82 valence electrons. The summed E-state index contributed by atoms with van der Waals surface area (Å²) in [6, 6.07) is 5.29. The van der Waals surface area contributed by atoms with Crippen molar-refractivity contribution in [3.05, 3.63) is 35.6 Å². The van der Waals surface area contributed by atoms with Gasteiger partial charge in [0.15, 0.2) is 0 Å². The second-order valence-corrected chi connectivity index (χ2v) is 3.56. The van der Waals surface area contributed by atoms with Crippen molar-refractivity contribution in [2.45, 2.75) is 0 Å². The summed E-state index contributed by atoms with van der Waals surface area (Å²) in [5.74, 6) is 0.461. The van der Waals surface area contributed by atoms with Crippen LogP contribution in [0.1, 0.15) is 0 Å². The van der Waals surface area contributed by atoms with Crippen LogP contribution >= 0.6 is 11.6 Å². The van der Waals surface area contributed by atoms with Gasteiger partial charge in [0.25, 0.3) is 0 Å². The normalized spacial score (nSPS) is 10.1. The molecule has 2 rings (SSSR count). The van der Waals surface area contributed by atoms with Crippen LogP contribution in [0.15, 0.2) is 30.6 Å². The molecule has 2 N–H and O–H groups in total. The van der Waals surface area contributed by atoms with Crippen LogP contribution in [-0.2, 0) is 0 Å². The number of hydrogen-bond donors (Lipinski definition) is 1. The van der Waals surface area contributed by atoms with Crippen molar-refractivity contribution < 1.29 is 4.74 Å². The zero-order valence-electron chi connectivity index (χ0n) is 8.64. The zero-order chi connectivity index (χ0) is 11.5. The second kappa shape index (κ2) is 4.37. The summed E-state index contributed by atoms with van der Waals surface area (Å²) in [6.45, 7) is 0. The maximum atomic E-state index is 5.95. The molecule has 0 fully saturated rings. The Bertz CT molecular complexity index is 516. The van der Waals surface area contributed by atoms with Crippen LogP contribution in [0.3, 0.4) is 0 Å². The topological polar surface area (TPSA) is 61.0 Å². The lowest BCUT2D eigenvalue weighted by Gasteiger charge is -2.06. The molecular formula is C11H10ClN3O. The number of benzene rings is 1. The minimum absolute atomic E-state index is 0.461. The fourth-order valence-electron chi connectivity index (χ4n) is 1.35. The van der Waals surface area contributed by atoms with Crippen molar-refractivity contribution in [2.75, 3.05) is 12.8 Å². The summed E-state index contributed by atoms with van der Waals surface area (Å²) in [6.07, 6.45) is 3.17. The molecule has 0 bridgehead atoms. The Morgan fingerprint density at radius 1 is 1.25 bits per heavy atom. The molecule has 1 heterocycles. The van der Waals surface area contributed by atoms with E-state index in [2.05, 4.69) is 9.97 Å². The quantitative estimate of drug-likeness (QED) is 0.812. The van der Waals surface area contributed by atoms with Crippen LogP contribution in [-0.4, -0.2) is 17.1 Å². The number of anilines is 1. The number of ether oxygens (including phenoxy) is 1. The highest BCUT2D eigenvalue weighted by molar-refractivity contribution is 6.33. The number of nitrogen functional groups attached to an aromatic ring is 1. The largest absolute Gasteiger partial charge is 0.479 e. The molecule has 4 nitrogen and oxygen atoms in total. The average molecular weight is 236 g/mol. The SMILES string of the molecule is COc1nccnc1-c1ccc(N)c(Cl)c1. The Hall–Kier alpha value is -1.81. The molecule has 16 heavy (non-hydrogen) atoms. The highest BCUT2D eigenvalue weighted by atomic mass is 35.5. The van der Waals surface area contributed by atoms with Gasteiger partial charge in [0, 0.05) is 18.0 Å². The summed E-state index contributed by atoms with van der Waals surface area (Å²) in [7, 11) is 1.55. The van der Waals surface area contributed by atoms with Gasteiger partial charge in [0.05, 0.1) is 17.8 Å². The standard InChI is InChI=1S/C11H10ClN3O/c1-16-11-10(14-4-5-15-11)7-2-3-9(13)8(12)6-7/h2-6H,13H2,1H3. The number of hydrogen-bond acceptors (Lipinski definition) is 4. The predicted octanol–water partition coefficient (Wildman–Crippen LogP) is 2.39. The van der Waals surface area contributed by atoms with Gasteiger partial charge in [-0.1, -0.05) is 17.7 Å². The molecule has 0 spiro atoms. The predicted molar refractivity (Wildman–Crippen MR) is 63.4 cm³/mol. The monoisotopic (exact) mass is 235 g/mol. The lowest BCUT2D eigenvalue weighted by Crippen LogP contribution is -1.94. The van der Waals surface area contributed by atoms with E-state index in [1.165, 1.54) is 0 Å². The molecule has 0 aliphatic heterocycles. The van der Waals surface area contributed by atoms with E-state index in [9.17, 15) is 0 Å². The third-order valence-corrected chi connectivity index (χ3v) is 2.46. The van der Waals surface area contributed by atoms with Gasteiger partial charge in [0.2, 0.25) is 5.88 Å². The Labute approximate surface area is 98.0 Å². The first-order chi connectivity index (χ1) is 7.72. The van der Waals surface area contributed by atoms with E-state index < -0.39 is 0 Å². The minimum Gasteiger partial charge on any atom is -0.479 e. The van der Waals surface area contributed by atoms with Gasteiger partial charge in [-0.2, -0.15) is 0 Å². The molecule has 0 unspecified atom stereocenters. The van der Waals surface area contributed by atoms with E-state index in [1.807, 2.05) is 6.07 Å². The van der Waals surface area contributed by atoms with E-state index in [0.29, 0.717) is 22.3 Å². The summed E-state index contributed by atoms with van der Waals surface area (Å²) in [5, 5.41) is 0.491. The van der Waals surface area contributed by atoms with E-state index in [1.54, 1.807) is 31.6 Å². The molecule has 1 aromatic heterocycles. The first-order valence-corrected chi connectivity index (χ1v) is 5.00. The van der Waals surface area contributed by atoms with E-state index in [4.69, 9.17) is 22.1 Å². The van der Waals surface area contributed by atoms with Gasteiger partial charge in [-0.3, -0.25) is 0 Å². The van der Waals surface area contributed by atoms with Gasteiger partial charge in [-0.25, -0.2) is 9.97 Å². The molecule has 0 atom stereocenters. The second-order valence-electron chi connectivity index (χ2n) is 3.15. The Balaban J connectivity index is 2.54. The first kappa shape index (κ1) is 10.7. The highest BCUT2D eigenvalue weighted by Gasteiger charge is 2.09. The maximum absolute atomic E-state index is 5.95. The molecule has 0 amide bonds. The van der Waals surface area contributed by atoms with E-state index in [0.717, 1.165) is 5.56 Å². The van der Waals surface area contributed by atoms with Crippen LogP contribution < -0.4 is 10.5 Å². The fraction of sp³-hybridized carbons (Fsp3) is 0.0909. The number of nitrogens with zero attached hydrogens (tertiary/aromatic N) is 2. The Morgan fingerprint density at radius 2 is 2.00 bits per heavy atom. The van der Waals surface area contributed by atoms with E-state index >= 15 is 0 Å². The highest BCUT2D eigenvalue weighted by Crippen LogP contribution is 2.29. The number of halogens is 1. The average Bonchev–Trinajstić information content (AvgIpc) is 2.32. The van der Waals surface area contributed by atoms with Gasteiger partial charge in [0.1, 0.15) is 5.69 Å². The molecule has 1 aromatic carbocycles. The molecule has 0 saturated heterocycles. The van der Waals surface area contributed by atoms with Crippen molar-refractivity contribution in [3.8, 4) is 17.1 Å². The van der Waals surface area contributed by atoms with Crippen molar-refractivity contribution in [1.82, 2.24) is 9.97 Å². The van der Waals surface area contributed by atoms with Gasteiger partial charge >= 0.3 is 0 Å². The van der Waals surface area contributed by atoms with Crippen LogP contribution in [0.5, 0.6) is 5.88 Å². The molecular weight excluding hydrogens is 226 g/mol. The smallest absolute Gasteiger partial charge is 0.240 e. The molecule has 0 aliphatic carbocycles. The van der Waals surface area contributed by atoms with Gasteiger partial charge in [-0.15, -0.1) is 0 Å². The van der Waals surface area contributed by atoms with Gasteiger partial charge < -0.3 is 10.5 Å². The first-order valence-electron chi connectivity index (χ1n) is 4.63. The van der Waals surface area contributed by atoms with Crippen molar-refractivity contribution in [1.29, 1.82) is 0 Å².